The van der Waals surface area contributed by atoms with Gasteiger partial charge in [-0.1, -0.05) is 38.1 Å². The molecule has 82 valence electrons. The van der Waals surface area contributed by atoms with Gasteiger partial charge in [-0.3, -0.25) is 9.89 Å². The molecular weight excluding hydrogens is 200 g/mol. The molecule has 16 heavy (non-hydrogen) atoms. The lowest BCUT2D eigenvalue weighted by Crippen LogP contribution is -2.00. The molecule has 1 N–H and O–H groups in total. The molecule has 1 aromatic heterocycles. The van der Waals surface area contributed by atoms with Crippen LogP contribution in [0.15, 0.2) is 36.7 Å². The van der Waals surface area contributed by atoms with Crippen molar-refractivity contribution in [2.24, 2.45) is 0 Å². The zero-order valence-corrected chi connectivity index (χ0v) is 9.40. The van der Waals surface area contributed by atoms with E-state index in [1.807, 2.05) is 24.3 Å². The molecule has 0 bridgehead atoms. The second kappa shape index (κ2) is 4.31. The maximum Gasteiger partial charge on any atom is 0.196 e. The van der Waals surface area contributed by atoms with E-state index in [2.05, 4.69) is 24.0 Å². The Morgan fingerprint density at radius 2 is 1.88 bits per heavy atom. The van der Waals surface area contributed by atoms with Crippen LogP contribution < -0.4 is 0 Å². The monoisotopic (exact) mass is 214 g/mol. The van der Waals surface area contributed by atoms with E-state index in [4.69, 9.17) is 0 Å². The van der Waals surface area contributed by atoms with Crippen LogP contribution in [0.1, 0.15) is 41.3 Å². The highest BCUT2D eigenvalue weighted by Gasteiger charge is 2.09. The van der Waals surface area contributed by atoms with Gasteiger partial charge in [-0.25, -0.2) is 0 Å². The van der Waals surface area contributed by atoms with Crippen molar-refractivity contribution >= 4 is 5.78 Å². The summed E-state index contributed by atoms with van der Waals surface area (Å²) in [6, 6.07) is 7.73. The van der Waals surface area contributed by atoms with Crippen molar-refractivity contribution in [2.45, 2.75) is 19.8 Å². The molecule has 0 spiro atoms. The number of carbonyl (C=O) groups excluding carboxylic acids is 1. The molecule has 0 radical (unpaired) electrons. The summed E-state index contributed by atoms with van der Waals surface area (Å²) >= 11 is 0. The minimum absolute atomic E-state index is 0.00376. The van der Waals surface area contributed by atoms with Crippen LogP contribution in [0.3, 0.4) is 0 Å². The van der Waals surface area contributed by atoms with Gasteiger partial charge in [0.15, 0.2) is 5.78 Å². The minimum Gasteiger partial charge on any atom is -0.288 e. The molecule has 0 aliphatic carbocycles. The molecule has 0 amide bonds. The number of benzene rings is 1. The van der Waals surface area contributed by atoms with E-state index in [1.54, 1.807) is 12.4 Å². The molecule has 2 aromatic rings. The Hall–Kier alpha value is -1.90. The fourth-order valence-corrected chi connectivity index (χ4v) is 1.56. The predicted molar refractivity (Wildman–Crippen MR) is 62.6 cm³/mol. The number of H-pyrrole nitrogens is 1. The molecule has 0 aliphatic heterocycles. The Bertz CT molecular complexity index is 469. The first-order valence-electron chi connectivity index (χ1n) is 5.32. The highest BCUT2D eigenvalue weighted by Crippen LogP contribution is 2.16. The third-order valence-corrected chi connectivity index (χ3v) is 2.60. The molecule has 0 unspecified atom stereocenters. The molecule has 1 aromatic carbocycles. The maximum absolute atomic E-state index is 11.9. The van der Waals surface area contributed by atoms with Crippen LogP contribution >= 0.6 is 0 Å². The predicted octanol–water partition coefficient (Wildman–Crippen LogP) is 2.76. The normalized spacial score (nSPS) is 10.7. The fraction of sp³-hybridized carbons (Fsp3) is 0.231. The first-order chi connectivity index (χ1) is 7.68. The summed E-state index contributed by atoms with van der Waals surface area (Å²) < 4.78 is 0. The summed E-state index contributed by atoms with van der Waals surface area (Å²) in [4.78, 5) is 11.9. The molecule has 0 fully saturated rings. The van der Waals surface area contributed by atoms with Crippen LogP contribution in [0.5, 0.6) is 0 Å². The van der Waals surface area contributed by atoms with Crippen LogP contribution in [-0.4, -0.2) is 16.0 Å². The lowest BCUT2D eigenvalue weighted by Gasteiger charge is -2.05. The van der Waals surface area contributed by atoms with E-state index in [1.165, 1.54) is 5.56 Å². The molecule has 0 aliphatic rings. The van der Waals surface area contributed by atoms with E-state index >= 15 is 0 Å². The summed E-state index contributed by atoms with van der Waals surface area (Å²) in [5.41, 5.74) is 2.53. The average molecular weight is 214 g/mol. The number of hydrogen-bond acceptors (Lipinski definition) is 2. The van der Waals surface area contributed by atoms with Crippen LogP contribution in [0.25, 0.3) is 0 Å². The number of rotatable bonds is 3. The Morgan fingerprint density at radius 3 is 2.38 bits per heavy atom. The molecule has 1 heterocycles. The Labute approximate surface area is 94.5 Å². The van der Waals surface area contributed by atoms with E-state index in [9.17, 15) is 4.79 Å². The van der Waals surface area contributed by atoms with Crippen LogP contribution in [0.4, 0.5) is 0 Å². The molecule has 3 nitrogen and oxygen atoms in total. The van der Waals surface area contributed by atoms with E-state index in [0.29, 0.717) is 17.0 Å². The van der Waals surface area contributed by atoms with Gasteiger partial charge in [0.25, 0.3) is 0 Å². The highest BCUT2D eigenvalue weighted by atomic mass is 16.1. The van der Waals surface area contributed by atoms with Gasteiger partial charge in [-0.05, 0) is 11.5 Å². The van der Waals surface area contributed by atoms with Crippen LogP contribution in [-0.2, 0) is 0 Å². The van der Waals surface area contributed by atoms with Crippen molar-refractivity contribution in [2.75, 3.05) is 0 Å². The van der Waals surface area contributed by atoms with Crippen molar-refractivity contribution in [1.82, 2.24) is 10.2 Å². The summed E-state index contributed by atoms with van der Waals surface area (Å²) in [7, 11) is 0. The van der Waals surface area contributed by atoms with Crippen molar-refractivity contribution in [3.05, 3.63) is 53.3 Å². The smallest absolute Gasteiger partial charge is 0.196 e. The average Bonchev–Trinajstić information content (AvgIpc) is 2.81. The number of nitrogens with one attached hydrogen (secondary N) is 1. The number of carbonyl (C=O) groups is 1. The van der Waals surface area contributed by atoms with Gasteiger partial charge >= 0.3 is 0 Å². The molecule has 0 atom stereocenters. The summed E-state index contributed by atoms with van der Waals surface area (Å²) in [6.45, 7) is 4.26. The van der Waals surface area contributed by atoms with Crippen molar-refractivity contribution in [3.8, 4) is 0 Å². The quantitative estimate of drug-likeness (QED) is 0.798. The Balaban J connectivity index is 2.25. The third-order valence-electron chi connectivity index (χ3n) is 2.60. The molecule has 0 saturated heterocycles. The Morgan fingerprint density at radius 1 is 1.19 bits per heavy atom. The molecule has 3 heteroatoms. The fourth-order valence-electron chi connectivity index (χ4n) is 1.56. The first kappa shape index (κ1) is 10.6. The van der Waals surface area contributed by atoms with Crippen LogP contribution in [0.2, 0.25) is 0 Å². The van der Waals surface area contributed by atoms with E-state index < -0.39 is 0 Å². The van der Waals surface area contributed by atoms with Crippen molar-refractivity contribution in [3.63, 3.8) is 0 Å². The largest absolute Gasteiger partial charge is 0.288 e. The maximum atomic E-state index is 11.9. The lowest BCUT2D eigenvalue weighted by atomic mass is 9.99. The van der Waals surface area contributed by atoms with Gasteiger partial charge in [0.2, 0.25) is 0 Å². The number of aromatic amines is 1. The third kappa shape index (κ3) is 2.03. The lowest BCUT2D eigenvalue weighted by molar-refractivity contribution is 0.103. The number of ketones is 1. The van der Waals surface area contributed by atoms with E-state index in [-0.39, 0.29) is 5.78 Å². The minimum atomic E-state index is 0.00376. The Kier molecular flexibility index (Phi) is 2.86. The van der Waals surface area contributed by atoms with Crippen LogP contribution in [0, 0.1) is 0 Å². The van der Waals surface area contributed by atoms with Crippen molar-refractivity contribution in [1.29, 1.82) is 0 Å². The number of aromatic nitrogens is 2. The van der Waals surface area contributed by atoms with E-state index in [0.717, 1.165) is 0 Å². The number of nitrogens with zero attached hydrogens (tertiary/aromatic N) is 1. The van der Waals surface area contributed by atoms with Crippen molar-refractivity contribution < 1.29 is 4.79 Å². The zero-order chi connectivity index (χ0) is 11.5. The van der Waals surface area contributed by atoms with Gasteiger partial charge in [0.05, 0.1) is 11.8 Å². The SMILES string of the molecule is CC(C)c1ccc(C(=O)c2cn[nH]c2)cc1. The second-order valence-electron chi connectivity index (χ2n) is 4.09. The summed E-state index contributed by atoms with van der Waals surface area (Å²) in [5, 5.41) is 6.41. The van der Waals surface area contributed by atoms with Gasteiger partial charge < -0.3 is 0 Å². The van der Waals surface area contributed by atoms with Gasteiger partial charge in [0.1, 0.15) is 0 Å². The number of hydrogen-bond donors (Lipinski definition) is 1. The van der Waals surface area contributed by atoms with Gasteiger partial charge in [-0.15, -0.1) is 0 Å². The highest BCUT2D eigenvalue weighted by molar-refractivity contribution is 6.08. The summed E-state index contributed by atoms with van der Waals surface area (Å²) in [5.74, 6) is 0.488. The van der Waals surface area contributed by atoms with Gasteiger partial charge in [-0.2, -0.15) is 5.10 Å². The first-order valence-corrected chi connectivity index (χ1v) is 5.32. The summed E-state index contributed by atoms with van der Waals surface area (Å²) in [6.07, 6.45) is 3.15. The molecule has 2 rings (SSSR count). The van der Waals surface area contributed by atoms with Gasteiger partial charge in [0, 0.05) is 11.8 Å². The molecule has 0 saturated carbocycles. The molecular formula is C13H14N2O. The zero-order valence-electron chi connectivity index (χ0n) is 9.40. The topological polar surface area (TPSA) is 45.8 Å². The standard InChI is InChI=1S/C13H14N2O/c1-9(2)10-3-5-11(6-4-10)13(16)12-7-14-15-8-12/h3-9H,1-2H3,(H,14,15). The second-order valence-corrected chi connectivity index (χ2v) is 4.09.